The predicted molar refractivity (Wildman–Crippen MR) is 127 cm³/mol. The van der Waals surface area contributed by atoms with Gasteiger partial charge in [-0.25, -0.2) is 9.97 Å². The van der Waals surface area contributed by atoms with Crippen molar-refractivity contribution in [3.8, 4) is 11.1 Å². The van der Waals surface area contributed by atoms with Crippen molar-refractivity contribution < 1.29 is 14.6 Å². The molecular formula is C22H29ClN4O3Si. The second-order valence-corrected chi connectivity index (χ2v) is 15.0. The number of nitrogens with zero attached hydrogens (tertiary/aromatic N) is 3. The largest absolute Gasteiger partial charge is 0.481 e. The zero-order valence-corrected chi connectivity index (χ0v) is 20.1. The fourth-order valence-corrected chi connectivity index (χ4v) is 4.06. The summed E-state index contributed by atoms with van der Waals surface area (Å²) >= 11 is 6.24. The van der Waals surface area contributed by atoms with Crippen LogP contribution in [0, 0.1) is 5.92 Å². The number of aromatic nitrogens is 3. The molecule has 2 aromatic heterocycles. The van der Waals surface area contributed by atoms with E-state index in [-0.39, 0.29) is 6.54 Å². The summed E-state index contributed by atoms with van der Waals surface area (Å²) in [6, 6.07) is 8.68. The first-order valence-corrected chi connectivity index (χ1v) is 14.4. The Bertz CT molecular complexity index is 1060. The van der Waals surface area contributed by atoms with Crippen LogP contribution in [0.2, 0.25) is 30.7 Å². The van der Waals surface area contributed by atoms with E-state index in [0.29, 0.717) is 24.2 Å². The first-order valence-electron chi connectivity index (χ1n) is 10.3. The fraction of sp³-hybridized carbons (Fsp3) is 0.409. The van der Waals surface area contributed by atoms with Crippen molar-refractivity contribution in [2.24, 2.45) is 5.92 Å². The van der Waals surface area contributed by atoms with Gasteiger partial charge in [-0.05, 0) is 23.7 Å². The highest BCUT2D eigenvalue weighted by Gasteiger charge is 2.19. The van der Waals surface area contributed by atoms with Crippen LogP contribution in [0.25, 0.3) is 22.2 Å². The third-order valence-electron chi connectivity index (χ3n) is 5.01. The quantitative estimate of drug-likeness (QED) is 0.319. The Hall–Kier alpha value is -2.42. The van der Waals surface area contributed by atoms with Gasteiger partial charge in [-0.3, -0.25) is 4.79 Å². The van der Waals surface area contributed by atoms with Crippen molar-refractivity contribution in [1.82, 2.24) is 14.5 Å². The Morgan fingerprint density at radius 2 is 2.10 bits per heavy atom. The lowest BCUT2D eigenvalue weighted by molar-refractivity contribution is -0.140. The Morgan fingerprint density at radius 1 is 1.32 bits per heavy atom. The number of rotatable bonds is 10. The van der Waals surface area contributed by atoms with Gasteiger partial charge in [0, 0.05) is 38.0 Å². The highest BCUT2D eigenvalue weighted by molar-refractivity contribution is 6.76. The minimum Gasteiger partial charge on any atom is -0.481 e. The average molecular weight is 461 g/mol. The van der Waals surface area contributed by atoms with E-state index >= 15 is 0 Å². The van der Waals surface area contributed by atoms with Gasteiger partial charge in [0.05, 0.1) is 11.3 Å². The third kappa shape index (κ3) is 6.06. The summed E-state index contributed by atoms with van der Waals surface area (Å²) in [5.41, 5.74) is 2.57. The molecule has 0 fully saturated rings. The van der Waals surface area contributed by atoms with Crippen LogP contribution in [-0.2, 0) is 16.3 Å². The molecule has 0 spiro atoms. The molecule has 0 aliphatic heterocycles. The number of anilines is 1. The molecule has 1 unspecified atom stereocenters. The van der Waals surface area contributed by atoms with Crippen molar-refractivity contribution in [2.75, 3.05) is 18.5 Å². The molecule has 9 heteroatoms. The second kappa shape index (κ2) is 9.80. The van der Waals surface area contributed by atoms with E-state index in [0.717, 1.165) is 28.2 Å². The first-order chi connectivity index (χ1) is 14.7. The maximum atomic E-state index is 11.2. The van der Waals surface area contributed by atoms with Gasteiger partial charge in [0.2, 0.25) is 0 Å². The van der Waals surface area contributed by atoms with Gasteiger partial charge >= 0.3 is 5.97 Å². The Labute approximate surface area is 188 Å². The molecule has 0 saturated heterocycles. The number of carbonyl (C=O) groups is 1. The summed E-state index contributed by atoms with van der Waals surface area (Å²) in [5, 5.41) is 13.8. The minimum absolute atomic E-state index is 0.258. The normalized spacial score (nSPS) is 12.8. The summed E-state index contributed by atoms with van der Waals surface area (Å²) in [6.45, 7) is 9.96. The van der Waals surface area contributed by atoms with Crippen LogP contribution in [-0.4, -0.2) is 46.8 Å². The summed E-state index contributed by atoms with van der Waals surface area (Å²) in [4.78, 5) is 20.1. The van der Waals surface area contributed by atoms with E-state index in [9.17, 15) is 9.90 Å². The van der Waals surface area contributed by atoms with E-state index in [4.69, 9.17) is 16.3 Å². The number of nitrogens with one attached hydrogen (secondary N) is 1. The van der Waals surface area contributed by atoms with Gasteiger partial charge in [0.1, 0.15) is 24.5 Å². The predicted octanol–water partition coefficient (Wildman–Crippen LogP) is 5.20. The molecule has 7 nitrogen and oxygen atoms in total. The molecule has 2 heterocycles. The van der Waals surface area contributed by atoms with Crippen LogP contribution in [0.15, 0.2) is 36.8 Å². The smallest absolute Gasteiger partial charge is 0.308 e. The van der Waals surface area contributed by atoms with E-state index in [1.165, 1.54) is 6.33 Å². The van der Waals surface area contributed by atoms with Gasteiger partial charge in [-0.15, -0.1) is 0 Å². The van der Waals surface area contributed by atoms with E-state index in [2.05, 4.69) is 34.9 Å². The Kier molecular flexibility index (Phi) is 7.35. The van der Waals surface area contributed by atoms with E-state index < -0.39 is 20.0 Å². The zero-order chi connectivity index (χ0) is 22.6. The van der Waals surface area contributed by atoms with Gasteiger partial charge in [-0.2, -0.15) is 0 Å². The fourth-order valence-electron chi connectivity index (χ4n) is 3.11. The van der Waals surface area contributed by atoms with Crippen LogP contribution in [0.3, 0.4) is 0 Å². The van der Waals surface area contributed by atoms with Gasteiger partial charge in [0.25, 0.3) is 0 Å². The van der Waals surface area contributed by atoms with Crippen LogP contribution in [0.4, 0.5) is 5.82 Å². The lowest BCUT2D eigenvalue weighted by Crippen LogP contribution is -2.22. The monoisotopic (exact) mass is 460 g/mol. The van der Waals surface area contributed by atoms with Crippen molar-refractivity contribution in [3.05, 3.63) is 41.8 Å². The highest BCUT2D eigenvalue weighted by atomic mass is 35.5. The number of ether oxygens (including phenoxy) is 1. The van der Waals surface area contributed by atoms with E-state index in [1.54, 1.807) is 6.92 Å². The molecule has 166 valence electrons. The molecule has 3 rings (SSSR count). The first kappa shape index (κ1) is 23.2. The van der Waals surface area contributed by atoms with Crippen molar-refractivity contribution in [1.29, 1.82) is 0 Å². The number of carboxylic acid groups (broad SMARTS) is 1. The van der Waals surface area contributed by atoms with Crippen molar-refractivity contribution in [2.45, 2.75) is 39.3 Å². The molecule has 0 amide bonds. The minimum atomic E-state index is -1.18. The maximum absolute atomic E-state index is 11.2. The zero-order valence-electron chi connectivity index (χ0n) is 18.4. The number of hydrogen-bond acceptors (Lipinski definition) is 5. The number of hydrogen-bond donors (Lipinski definition) is 2. The number of aliphatic carboxylic acids is 1. The molecule has 0 aliphatic rings. The lowest BCUT2D eigenvalue weighted by atomic mass is 10.1. The third-order valence-corrected chi connectivity index (χ3v) is 6.95. The molecule has 1 atom stereocenters. The summed E-state index contributed by atoms with van der Waals surface area (Å²) in [7, 11) is -1.18. The number of fused-ring (bicyclic) bond motifs is 1. The van der Waals surface area contributed by atoms with Gasteiger partial charge in [-0.1, -0.05) is 50.3 Å². The van der Waals surface area contributed by atoms with Crippen LogP contribution >= 0.6 is 11.6 Å². The second-order valence-electron chi connectivity index (χ2n) is 8.91. The van der Waals surface area contributed by atoms with Crippen molar-refractivity contribution in [3.63, 3.8) is 0 Å². The molecule has 2 N–H and O–H groups in total. The molecule has 31 heavy (non-hydrogen) atoms. The molecule has 0 saturated carbocycles. The van der Waals surface area contributed by atoms with Crippen LogP contribution in [0.1, 0.15) is 6.92 Å². The number of halogens is 1. The highest BCUT2D eigenvalue weighted by Crippen LogP contribution is 2.35. The van der Waals surface area contributed by atoms with Gasteiger partial charge in [0.15, 0.2) is 0 Å². The standard InChI is InChI=1S/C22H29ClN4O3Si/c1-15(22(28)29)11-24-20-19-18(16-6-5-7-17(23)10-16)12-27(21(19)26-13-25-20)14-30-8-9-31(2,3)4/h5-7,10,12-13,15H,8-9,11,14H2,1-4H3,(H,28,29)(H,24,25,26). The van der Waals surface area contributed by atoms with Gasteiger partial charge < -0.3 is 19.7 Å². The number of carboxylic acids is 1. The lowest BCUT2D eigenvalue weighted by Gasteiger charge is -2.15. The summed E-state index contributed by atoms with van der Waals surface area (Å²) < 4.78 is 7.92. The molecule has 0 radical (unpaired) electrons. The molecule has 0 bridgehead atoms. The van der Waals surface area contributed by atoms with E-state index in [1.807, 2.05) is 35.0 Å². The van der Waals surface area contributed by atoms with Crippen LogP contribution in [0.5, 0.6) is 0 Å². The summed E-state index contributed by atoms with van der Waals surface area (Å²) in [6.07, 6.45) is 3.47. The molecular weight excluding hydrogens is 432 g/mol. The Morgan fingerprint density at radius 3 is 2.77 bits per heavy atom. The topological polar surface area (TPSA) is 89.3 Å². The maximum Gasteiger partial charge on any atom is 0.308 e. The van der Waals surface area contributed by atoms with Crippen molar-refractivity contribution >= 4 is 42.5 Å². The number of benzene rings is 1. The molecule has 0 aliphatic carbocycles. The molecule has 3 aromatic rings. The van der Waals surface area contributed by atoms with Crippen LogP contribution < -0.4 is 5.32 Å². The average Bonchev–Trinajstić information content (AvgIpc) is 3.08. The SMILES string of the molecule is CC(CNc1ncnc2c1c(-c1cccc(Cl)c1)cn2COCC[Si](C)(C)C)C(=O)O. The Balaban J connectivity index is 1.97. The summed E-state index contributed by atoms with van der Waals surface area (Å²) in [5.74, 6) is -0.818. The molecule has 1 aromatic carbocycles.